The number of pyridine rings is 1. The second kappa shape index (κ2) is 16.6. The lowest BCUT2D eigenvalue weighted by molar-refractivity contribution is -0.145. The van der Waals surface area contributed by atoms with Crippen molar-refractivity contribution in [2.45, 2.75) is 77.7 Å². The largest absolute Gasteiger partial charge is 0.488 e. The number of hydrogen-bond acceptors (Lipinski definition) is 8. The number of aliphatic carboxylic acids is 1. The molecule has 4 aromatic carbocycles. The number of imidazole rings is 1. The van der Waals surface area contributed by atoms with Gasteiger partial charge in [-0.25, -0.2) is 4.98 Å². The summed E-state index contributed by atoms with van der Waals surface area (Å²) in [7, 11) is 0. The van der Waals surface area contributed by atoms with E-state index in [9.17, 15) is 20.3 Å². The third kappa shape index (κ3) is 8.12. The van der Waals surface area contributed by atoms with E-state index >= 15 is 0 Å². The number of fused-ring (bicyclic) bond motifs is 1. The van der Waals surface area contributed by atoms with Crippen LogP contribution in [0.25, 0.3) is 33.3 Å². The number of carboxylic acid groups (broad SMARTS) is 1. The van der Waals surface area contributed by atoms with Gasteiger partial charge in [-0.2, -0.15) is 5.26 Å². The number of benzene rings is 4. The molecular formula is C45H44ClN5O5. The van der Waals surface area contributed by atoms with Crippen molar-refractivity contribution in [3.63, 3.8) is 0 Å². The van der Waals surface area contributed by atoms with E-state index in [2.05, 4.69) is 77.7 Å². The highest BCUT2D eigenvalue weighted by molar-refractivity contribution is 6.32. The average molecular weight is 770 g/mol. The van der Waals surface area contributed by atoms with Gasteiger partial charge in [0.05, 0.1) is 28.2 Å². The minimum absolute atomic E-state index is 0.0337. The first-order valence-corrected chi connectivity index (χ1v) is 19.1. The van der Waals surface area contributed by atoms with Crippen LogP contribution in [0, 0.1) is 25.2 Å². The fourth-order valence-corrected chi connectivity index (χ4v) is 7.59. The number of aliphatic hydroxyl groups is 1. The minimum Gasteiger partial charge on any atom is -0.488 e. The predicted molar refractivity (Wildman–Crippen MR) is 217 cm³/mol. The molecule has 4 N–H and O–H groups in total. The van der Waals surface area contributed by atoms with Gasteiger partial charge in [-0.15, -0.1) is 0 Å². The molecule has 1 aliphatic rings. The molecule has 10 nitrogen and oxygen atoms in total. The summed E-state index contributed by atoms with van der Waals surface area (Å²) in [6, 6.07) is 26.2. The van der Waals surface area contributed by atoms with E-state index in [4.69, 9.17) is 26.1 Å². The van der Waals surface area contributed by atoms with E-state index in [0.29, 0.717) is 39.1 Å². The summed E-state index contributed by atoms with van der Waals surface area (Å²) in [6.07, 6.45) is 8.01. The second-order valence-electron chi connectivity index (χ2n) is 14.7. The van der Waals surface area contributed by atoms with Gasteiger partial charge in [0.25, 0.3) is 0 Å². The van der Waals surface area contributed by atoms with Crippen LogP contribution < -0.4 is 14.8 Å². The number of aliphatic hydroxyl groups excluding tert-OH is 1. The molecule has 56 heavy (non-hydrogen) atoms. The maximum Gasteiger partial charge on any atom is 0.326 e. The van der Waals surface area contributed by atoms with E-state index < -0.39 is 18.1 Å². The van der Waals surface area contributed by atoms with Crippen LogP contribution in [0.2, 0.25) is 5.02 Å². The average Bonchev–Trinajstić information content (AvgIpc) is 3.90. The first-order chi connectivity index (χ1) is 27.1. The molecule has 1 fully saturated rings. The monoisotopic (exact) mass is 769 g/mol. The summed E-state index contributed by atoms with van der Waals surface area (Å²) >= 11 is 6.78. The highest BCUT2D eigenvalue weighted by atomic mass is 35.5. The van der Waals surface area contributed by atoms with Gasteiger partial charge in [0, 0.05) is 42.0 Å². The Morgan fingerprint density at radius 1 is 0.946 bits per heavy atom. The van der Waals surface area contributed by atoms with Crippen LogP contribution in [-0.2, 0) is 24.6 Å². The highest BCUT2D eigenvalue weighted by Crippen LogP contribution is 2.38. The van der Waals surface area contributed by atoms with Crippen molar-refractivity contribution >= 4 is 28.6 Å². The fourth-order valence-electron chi connectivity index (χ4n) is 7.35. The van der Waals surface area contributed by atoms with Gasteiger partial charge in [-0.05, 0) is 96.8 Å². The van der Waals surface area contributed by atoms with Crippen molar-refractivity contribution in [2.75, 3.05) is 6.61 Å². The number of aromatic amines is 1. The standard InChI is InChI=1S/C45H44ClN5O5/c1-27-33(10-6-12-36(27)37-13-7-11-35(28(37)2)32-14-15-39-40(18-32)51-43(50-39)31-8-4-5-9-31)25-56-42-19-41(55-24-30-16-29(20-47)21-48-22-30)34(17-38(42)46)23-49-45(3,26-52)44(53)54/h6-7,10-19,21-22,31,49,52H,4-5,8-9,23-26H2,1-3H3,(H,50,51)(H,53,54)/t45-/m0/s1. The molecule has 1 aliphatic carbocycles. The Morgan fingerprint density at radius 3 is 2.43 bits per heavy atom. The van der Waals surface area contributed by atoms with Crippen LogP contribution in [0.15, 0.2) is 85.2 Å². The zero-order valence-corrected chi connectivity index (χ0v) is 32.4. The normalized spacial score (nSPS) is 14.1. The number of rotatable bonds is 14. The van der Waals surface area contributed by atoms with Crippen molar-refractivity contribution in [3.05, 3.63) is 129 Å². The zero-order valence-electron chi connectivity index (χ0n) is 31.7. The van der Waals surface area contributed by atoms with E-state index in [-0.39, 0.29) is 19.8 Å². The third-order valence-electron chi connectivity index (χ3n) is 10.9. The summed E-state index contributed by atoms with van der Waals surface area (Å²) in [4.78, 5) is 24.5. The number of ether oxygens (including phenoxy) is 2. The number of H-pyrrole nitrogens is 1. The Kier molecular flexibility index (Phi) is 11.4. The Balaban J connectivity index is 1.13. The molecule has 0 amide bonds. The SMILES string of the molecule is Cc1c(COc2cc(OCc3cncc(C#N)c3)c(CN[C@@](C)(CO)C(=O)O)cc2Cl)cccc1-c1cccc(-c2ccc3nc(C4CCCC4)[nH]c3c2)c1C. The van der Waals surface area contributed by atoms with Crippen molar-refractivity contribution in [1.29, 1.82) is 5.26 Å². The van der Waals surface area contributed by atoms with Gasteiger partial charge in [-0.3, -0.25) is 15.1 Å². The second-order valence-corrected chi connectivity index (χ2v) is 15.1. The summed E-state index contributed by atoms with van der Waals surface area (Å²) < 4.78 is 12.6. The molecule has 0 aliphatic heterocycles. The summed E-state index contributed by atoms with van der Waals surface area (Å²) in [6.45, 7) is 5.38. The third-order valence-corrected chi connectivity index (χ3v) is 11.2. The number of nitrogens with zero attached hydrogens (tertiary/aromatic N) is 3. The molecule has 1 atom stereocenters. The van der Waals surface area contributed by atoms with E-state index in [0.717, 1.165) is 50.2 Å². The van der Waals surface area contributed by atoms with Gasteiger partial charge in [0.15, 0.2) is 0 Å². The number of carbonyl (C=O) groups is 1. The molecular weight excluding hydrogens is 726 g/mol. The number of nitrogens with one attached hydrogen (secondary N) is 2. The number of carboxylic acids is 1. The molecule has 286 valence electrons. The summed E-state index contributed by atoms with van der Waals surface area (Å²) in [5.74, 6) is 1.21. The van der Waals surface area contributed by atoms with Crippen molar-refractivity contribution in [3.8, 4) is 39.8 Å². The van der Waals surface area contributed by atoms with E-state index in [1.807, 2.05) is 12.1 Å². The maximum atomic E-state index is 11.9. The molecule has 0 unspecified atom stereocenters. The van der Waals surface area contributed by atoms with Gasteiger partial charge >= 0.3 is 5.97 Å². The number of nitriles is 1. The lowest BCUT2D eigenvalue weighted by atomic mass is 9.89. The van der Waals surface area contributed by atoms with Crippen LogP contribution in [0.3, 0.4) is 0 Å². The predicted octanol–water partition coefficient (Wildman–Crippen LogP) is 9.17. The summed E-state index contributed by atoms with van der Waals surface area (Å²) in [5.41, 5.74) is 9.88. The molecule has 11 heteroatoms. The zero-order chi connectivity index (χ0) is 39.4. The number of halogens is 1. The molecule has 2 heterocycles. The van der Waals surface area contributed by atoms with Gasteiger partial charge in [-0.1, -0.05) is 66.9 Å². The van der Waals surface area contributed by atoms with Crippen molar-refractivity contribution < 1.29 is 24.5 Å². The van der Waals surface area contributed by atoms with Crippen LogP contribution >= 0.6 is 11.6 Å². The molecule has 0 spiro atoms. The first-order valence-electron chi connectivity index (χ1n) is 18.8. The quantitative estimate of drug-likeness (QED) is 0.0849. The Morgan fingerprint density at radius 2 is 1.68 bits per heavy atom. The highest BCUT2D eigenvalue weighted by Gasteiger charge is 2.32. The van der Waals surface area contributed by atoms with Crippen LogP contribution in [-0.4, -0.2) is 43.3 Å². The van der Waals surface area contributed by atoms with E-state index in [1.54, 1.807) is 24.4 Å². The topological polar surface area (TPSA) is 153 Å². The molecule has 0 bridgehead atoms. The maximum absolute atomic E-state index is 11.9. The summed E-state index contributed by atoms with van der Waals surface area (Å²) in [5, 5.41) is 32.0. The van der Waals surface area contributed by atoms with Crippen LogP contribution in [0.5, 0.6) is 11.5 Å². The van der Waals surface area contributed by atoms with E-state index in [1.165, 1.54) is 44.4 Å². The van der Waals surface area contributed by atoms with Crippen LogP contribution in [0.4, 0.5) is 0 Å². The fraction of sp³-hybridized carbons (Fsp3) is 0.289. The Bertz CT molecular complexity index is 2450. The Hall–Kier alpha value is -5.73. The lowest BCUT2D eigenvalue weighted by Gasteiger charge is -2.25. The molecule has 1 saturated carbocycles. The van der Waals surface area contributed by atoms with Crippen LogP contribution in [0.1, 0.15) is 77.7 Å². The first kappa shape index (κ1) is 38.5. The van der Waals surface area contributed by atoms with Crippen molar-refractivity contribution in [2.24, 2.45) is 0 Å². The Labute approximate surface area is 331 Å². The molecule has 7 rings (SSSR count). The molecule has 0 radical (unpaired) electrons. The van der Waals surface area contributed by atoms with Gasteiger partial charge in [0.1, 0.15) is 42.1 Å². The minimum atomic E-state index is -1.59. The number of aromatic nitrogens is 3. The van der Waals surface area contributed by atoms with Gasteiger partial charge < -0.3 is 24.7 Å². The number of hydrogen-bond donors (Lipinski definition) is 4. The molecule has 0 saturated heterocycles. The van der Waals surface area contributed by atoms with Gasteiger partial charge in [0.2, 0.25) is 0 Å². The smallest absolute Gasteiger partial charge is 0.326 e. The van der Waals surface area contributed by atoms with Crippen molar-refractivity contribution in [1.82, 2.24) is 20.3 Å². The molecule has 6 aromatic rings. The molecule has 2 aromatic heterocycles. The lowest BCUT2D eigenvalue weighted by Crippen LogP contribution is -2.52.